The Labute approximate surface area is 139 Å². The van der Waals surface area contributed by atoms with E-state index >= 15 is 0 Å². The molecule has 0 aliphatic heterocycles. The zero-order valence-electron chi connectivity index (χ0n) is 13.6. The first-order chi connectivity index (χ1) is 11.4. The maximum atomic E-state index is 12.7. The van der Waals surface area contributed by atoms with Crippen LogP contribution in [0.4, 0.5) is 0 Å². The first kappa shape index (κ1) is 16.2. The van der Waals surface area contributed by atoms with Crippen LogP contribution in [-0.4, -0.2) is 27.1 Å². The fourth-order valence-electron chi connectivity index (χ4n) is 3.20. The van der Waals surface area contributed by atoms with Gasteiger partial charge in [0, 0.05) is 12.5 Å². The second-order valence-electron chi connectivity index (χ2n) is 6.27. The normalized spacial score (nSPS) is 16.1. The molecule has 126 valence electrons. The maximum Gasteiger partial charge on any atom is 0.335 e. The summed E-state index contributed by atoms with van der Waals surface area (Å²) in [5.41, 5.74) is 0.480. The molecule has 0 saturated heterocycles. The van der Waals surface area contributed by atoms with Crippen LogP contribution >= 0.6 is 0 Å². The first-order valence-electron chi connectivity index (χ1n) is 7.88. The number of rotatable bonds is 4. The van der Waals surface area contributed by atoms with E-state index in [0.717, 1.165) is 31.2 Å². The quantitative estimate of drug-likeness (QED) is 0.893. The predicted octanol–water partition coefficient (Wildman–Crippen LogP) is 2.58. The molecular formula is C17H19N3O4. The SMILES string of the molecule is Cc1cc(C(=O)O)cc(C(=O)NC2(c3noc(C)n3)CCCC2)c1. The van der Waals surface area contributed by atoms with Crippen molar-refractivity contribution in [2.45, 2.75) is 45.1 Å². The van der Waals surface area contributed by atoms with Gasteiger partial charge in [0.2, 0.25) is 5.89 Å². The number of carbonyl (C=O) groups excluding carboxylic acids is 1. The molecule has 0 unspecified atom stereocenters. The number of hydrogen-bond donors (Lipinski definition) is 2. The lowest BCUT2D eigenvalue weighted by molar-refractivity contribution is 0.0696. The molecule has 1 aromatic heterocycles. The number of nitrogens with zero attached hydrogens (tertiary/aromatic N) is 2. The topological polar surface area (TPSA) is 105 Å². The van der Waals surface area contributed by atoms with Gasteiger partial charge in [-0.2, -0.15) is 4.98 Å². The predicted molar refractivity (Wildman–Crippen MR) is 84.8 cm³/mol. The number of carboxylic acids is 1. The Hall–Kier alpha value is -2.70. The number of nitrogens with one attached hydrogen (secondary N) is 1. The molecule has 24 heavy (non-hydrogen) atoms. The second kappa shape index (κ2) is 6.07. The number of amides is 1. The van der Waals surface area contributed by atoms with E-state index in [2.05, 4.69) is 15.5 Å². The van der Waals surface area contributed by atoms with Gasteiger partial charge in [-0.15, -0.1) is 0 Å². The summed E-state index contributed by atoms with van der Waals surface area (Å²) in [6.07, 6.45) is 3.38. The maximum absolute atomic E-state index is 12.7. The summed E-state index contributed by atoms with van der Waals surface area (Å²) in [5, 5.41) is 16.2. The molecule has 1 aliphatic carbocycles. The highest BCUT2D eigenvalue weighted by Gasteiger charge is 2.41. The van der Waals surface area contributed by atoms with Crippen molar-refractivity contribution in [2.75, 3.05) is 0 Å². The van der Waals surface area contributed by atoms with Gasteiger partial charge in [-0.25, -0.2) is 4.79 Å². The Morgan fingerprint density at radius 2 is 1.83 bits per heavy atom. The average molecular weight is 329 g/mol. The summed E-state index contributed by atoms with van der Waals surface area (Å²) in [6, 6.07) is 4.59. The summed E-state index contributed by atoms with van der Waals surface area (Å²) < 4.78 is 5.07. The molecule has 7 heteroatoms. The van der Waals surface area contributed by atoms with Crippen LogP contribution in [-0.2, 0) is 5.54 Å². The number of aromatic carboxylic acids is 1. The van der Waals surface area contributed by atoms with Gasteiger partial charge in [-0.1, -0.05) is 18.0 Å². The van der Waals surface area contributed by atoms with Crippen molar-refractivity contribution in [3.05, 3.63) is 46.6 Å². The standard InChI is InChI=1S/C17H19N3O4/c1-10-7-12(9-13(8-10)15(22)23)14(21)19-17(5-3-4-6-17)16-18-11(2)24-20-16/h7-9H,3-6H2,1-2H3,(H,19,21)(H,22,23). The van der Waals surface area contributed by atoms with Crippen LogP contribution in [0.25, 0.3) is 0 Å². The Kier molecular flexibility index (Phi) is 4.09. The van der Waals surface area contributed by atoms with E-state index in [-0.39, 0.29) is 11.5 Å². The van der Waals surface area contributed by atoms with E-state index in [1.807, 2.05) is 0 Å². The molecule has 7 nitrogen and oxygen atoms in total. The Morgan fingerprint density at radius 3 is 2.42 bits per heavy atom. The first-order valence-corrected chi connectivity index (χ1v) is 7.88. The van der Waals surface area contributed by atoms with Gasteiger partial charge in [0.05, 0.1) is 5.56 Å². The lowest BCUT2D eigenvalue weighted by Crippen LogP contribution is -2.44. The van der Waals surface area contributed by atoms with E-state index in [9.17, 15) is 9.59 Å². The molecule has 0 radical (unpaired) electrons. The second-order valence-corrected chi connectivity index (χ2v) is 6.27. The molecule has 2 N–H and O–H groups in total. The fraction of sp³-hybridized carbons (Fsp3) is 0.412. The van der Waals surface area contributed by atoms with Gasteiger partial charge in [-0.05, 0) is 43.5 Å². The van der Waals surface area contributed by atoms with Gasteiger partial charge in [0.1, 0.15) is 5.54 Å². The van der Waals surface area contributed by atoms with Crippen LogP contribution in [0.5, 0.6) is 0 Å². The van der Waals surface area contributed by atoms with Crippen LogP contribution in [0.1, 0.15) is 63.7 Å². The smallest absolute Gasteiger partial charge is 0.335 e. The largest absolute Gasteiger partial charge is 0.478 e. The molecule has 1 amide bonds. The van der Waals surface area contributed by atoms with Crippen molar-refractivity contribution in [1.82, 2.24) is 15.5 Å². The zero-order valence-corrected chi connectivity index (χ0v) is 13.6. The van der Waals surface area contributed by atoms with Crippen LogP contribution < -0.4 is 5.32 Å². The third kappa shape index (κ3) is 3.02. The van der Waals surface area contributed by atoms with E-state index in [1.165, 1.54) is 12.1 Å². The Morgan fingerprint density at radius 1 is 1.17 bits per heavy atom. The molecule has 3 rings (SSSR count). The highest BCUT2D eigenvalue weighted by atomic mass is 16.5. The summed E-state index contributed by atoms with van der Waals surface area (Å²) in [7, 11) is 0. The van der Waals surface area contributed by atoms with Crippen molar-refractivity contribution < 1.29 is 19.2 Å². The number of benzene rings is 1. The highest BCUT2D eigenvalue weighted by Crippen LogP contribution is 2.37. The number of hydrogen-bond acceptors (Lipinski definition) is 5. The lowest BCUT2D eigenvalue weighted by Gasteiger charge is -2.26. The van der Waals surface area contributed by atoms with E-state index in [0.29, 0.717) is 17.3 Å². The van der Waals surface area contributed by atoms with Crippen molar-refractivity contribution in [3.8, 4) is 0 Å². The average Bonchev–Trinajstić information content (AvgIpc) is 3.16. The van der Waals surface area contributed by atoms with Crippen molar-refractivity contribution >= 4 is 11.9 Å². The van der Waals surface area contributed by atoms with Gasteiger partial charge in [-0.3, -0.25) is 4.79 Å². The van der Waals surface area contributed by atoms with Gasteiger partial charge >= 0.3 is 5.97 Å². The number of aromatic nitrogens is 2. The van der Waals surface area contributed by atoms with E-state index < -0.39 is 11.5 Å². The third-order valence-electron chi connectivity index (χ3n) is 4.35. The van der Waals surface area contributed by atoms with Crippen molar-refractivity contribution in [2.24, 2.45) is 0 Å². The minimum Gasteiger partial charge on any atom is -0.478 e. The molecule has 1 heterocycles. The van der Waals surface area contributed by atoms with Crippen LogP contribution in [0, 0.1) is 13.8 Å². The fourth-order valence-corrected chi connectivity index (χ4v) is 3.20. The number of aryl methyl sites for hydroxylation is 2. The van der Waals surface area contributed by atoms with Crippen molar-refractivity contribution in [1.29, 1.82) is 0 Å². The van der Waals surface area contributed by atoms with E-state index in [1.54, 1.807) is 19.9 Å². The molecule has 2 aromatic rings. The summed E-state index contributed by atoms with van der Waals surface area (Å²) in [4.78, 5) is 28.2. The van der Waals surface area contributed by atoms with Crippen LogP contribution in [0.15, 0.2) is 22.7 Å². The molecule has 0 atom stereocenters. The minimum atomic E-state index is -1.06. The van der Waals surface area contributed by atoms with Crippen LogP contribution in [0.2, 0.25) is 0 Å². The lowest BCUT2D eigenvalue weighted by atomic mass is 9.95. The molecule has 0 spiro atoms. The van der Waals surface area contributed by atoms with E-state index in [4.69, 9.17) is 9.63 Å². The molecular weight excluding hydrogens is 310 g/mol. The number of carboxylic acid groups (broad SMARTS) is 1. The molecule has 0 bridgehead atoms. The Bertz CT molecular complexity index is 791. The highest BCUT2D eigenvalue weighted by molar-refractivity contribution is 5.98. The number of carbonyl (C=O) groups is 2. The summed E-state index contributed by atoms with van der Waals surface area (Å²) in [5.74, 6) is -0.450. The Balaban J connectivity index is 1.91. The third-order valence-corrected chi connectivity index (χ3v) is 4.35. The zero-order chi connectivity index (χ0) is 17.3. The van der Waals surface area contributed by atoms with Gasteiger partial charge in [0.15, 0.2) is 5.82 Å². The molecule has 1 aromatic carbocycles. The van der Waals surface area contributed by atoms with Gasteiger partial charge in [0.25, 0.3) is 5.91 Å². The molecule has 1 saturated carbocycles. The molecule has 1 aliphatic rings. The summed E-state index contributed by atoms with van der Waals surface area (Å²) >= 11 is 0. The van der Waals surface area contributed by atoms with Crippen molar-refractivity contribution in [3.63, 3.8) is 0 Å². The monoisotopic (exact) mass is 329 g/mol. The molecule has 1 fully saturated rings. The van der Waals surface area contributed by atoms with Gasteiger partial charge < -0.3 is 14.9 Å². The minimum absolute atomic E-state index is 0.0935. The summed E-state index contributed by atoms with van der Waals surface area (Å²) in [6.45, 7) is 3.47. The van der Waals surface area contributed by atoms with Crippen LogP contribution in [0.3, 0.4) is 0 Å².